The molecule has 0 aliphatic rings. The maximum atomic E-state index is 4.52. The van der Waals surface area contributed by atoms with E-state index in [1.54, 1.807) is 11.8 Å². The van der Waals surface area contributed by atoms with Crippen LogP contribution in [-0.2, 0) is 13.1 Å². The van der Waals surface area contributed by atoms with Crippen LogP contribution in [-0.4, -0.2) is 26.2 Å². The maximum Gasteiger partial charge on any atom is 0.187 e. The lowest BCUT2D eigenvalue weighted by atomic mass is 10.3. The smallest absolute Gasteiger partial charge is 0.187 e. The largest absolute Gasteiger partial charge is 0.341 e. The van der Waals surface area contributed by atoms with Gasteiger partial charge in [-0.3, -0.25) is 0 Å². The van der Waals surface area contributed by atoms with Crippen molar-refractivity contribution >= 4 is 22.8 Å². The van der Waals surface area contributed by atoms with E-state index in [1.165, 1.54) is 0 Å². The second-order valence-corrected chi connectivity index (χ2v) is 5.16. The molecule has 0 spiro atoms. The Morgan fingerprint density at radius 3 is 2.70 bits per heavy atom. The van der Waals surface area contributed by atoms with Crippen LogP contribution >= 0.6 is 11.8 Å². The summed E-state index contributed by atoms with van der Waals surface area (Å²) < 4.78 is 0. The lowest BCUT2D eigenvalue weighted by Crippen LogP contribution is -2.14. The van der Waals surface area contributed by atoms with E-state index in [0.29, 0.717) is 6.54 Å². The third kappa shape index (κ3) is 2.97. The average Bonchev–Trinajstić information content (AvgIpc) is 2.90. The van der Waals surface area contributed by atoms with Crippen LogP contribution in [0.4, 0.5) is 0 Å². The number of benzene rings is 1. The molecule has 0 atom stereocenters. The topological polar surface area (TPSA) is 66.5 Å². The molecular formula is C14H15N5S. The summed E-state index contributed by atoms with van der Waals surface area (Å²) in [5, 5.41) is 4.13. The van der Waals surface area contributed by atoms with Gasteiger partial charge < -0.3 is 10.3 Å². The van der Waals surface area contributed by atoms with Gasteiger partial charge in [-0.25, -0.2) is 15.0 Å². The van der Waals surface area contributed by atoms with Gasteiger partial charge in [0.25, 0.3) is 0 Å². The molecule has 0 saturated heterocycles. The van der Waals surface area contributed by atoms with Crippen LogP contribution in [0.2, 0.25) is 0 Å². The average molecular weight is 285 g/mol. The van der Waals surface area contributed by atoms with E-state index in [2.05, 4.69) is 25.3 Å². The summed E-state index contributed by atoms with van der Waals surface area (Å²) in [5.41, 5.74) is 3.13. The second kappa shape index (κ2) is 6.02. The van der Waals surface area contributed by atoms with Crippen molar-refractivity contribution in [2.75, 3.05) is 6.26 Å². The van der Waals surface area contributed by atoms with Gasteiger partial charge >= 0.3 is 0 Å². The fourth-order valence-corrected chi connectivity index (χ4v) is 2.27. The molecule has 0 radical (unpaired) electrons. The number of hydrogen-bond donors (Lipinski definition) is 2. The highest BCUT2D eigenvalue weighted by molar-refractivity contribution is 7.98. The first-order chi connectivity index (χ1) is 9.85. The van der Waals surface area contributed by atoms with Gasteiger partial charge in [0.05, 0.1) is 17.6 Å². The Balaban J connectivity index is 1.58. The summed E-state index contributed by atoms with van der Waals surface area (Å²) in [6.07, 6.45) is 5.67. The number of rotatable bonds is 5. The number of aromatic nitrogens is 4. The standard InChI is InChI=1S/C14H15N5S/c1-20-14-16-7-10(8-17-14)6-15-9-13-18-11-4-2-3-5-12(11)19-13/h2-5,7-8,15H,6,9H2,1H3,(H,18,19). The van der Waals surface area contributed by atoms with Gasteiger partial charge in [-0.05, 0) is 18.4 Å². The fraction of sp³-hybridized carbons (Fsp3) is 0.214. The number of aromatic amines is 1. The predicted molar refractivity (Wildman–Crippen MR) is 80.5 cm³/mol. The third-order valence-electron chi connectivity index (χ3n) is 2.92. The molecule has 2 N–H and O–H groups in total. The van der Waals surface area contributed by atoms with E-state index in [1.807, 2.05) is 42.9 Å². The zero-order valence-electron chi connectivity index (χ0n) is 11.1. The van der Waals surface area contributed by atoms with Gasteiger partial charge in [0, 0.05) is 24.5 Å². The Hall–Kier alpha value is -1.92. The maximum absolute atomic E-state index is 4.52. The minimum atomic E-state index is 0.693. The summed E-state index contributed by atoms with van der Waals surface area (Å²) in [6, 6.07) is 8.03. The molecule has 2 heterocycles. The molecule has 102 valence electrons. The van der Waals surface area contributed by atoms with Gasteiger partial charge in [0.15, 0.2) is 5.16 Å². The zero-order valence-corrected chi connectivity index (χ0v) is 11.9. The van der Waals surface area contributed by atoms with Gasteiger partial charge in [-0.1, -0.05) is 23.9 Å². The van der Waals surface area contributed by atoms with E-state index < -0.39 is 0 Å². The van der Waals surface area contributed by atoms with Crippen LogP contribution in [0.25, 0.3) is 11.0 Å². The van der Waals surface area contributed by atoms with Crippen molar-refractivity contribution in [3.63, 3.8) is 0 Å². The molecule has 5 nitrogen and oxygen atoms in total. The fourth-order valence-electron chi connectivity index (χ4n) is 1.95. The minimum absolute atomic E-state index is 0.693. The van der Waals surface area contributed by atoms with Crippen LogP contribution in [0.15, 0.2) is 41.8 Å². The molecule has 20 heavy (non-hydrogen) atoms. The lowest BCUT2D eigenvalue weighted by molar-refractivity contribution is 0.664. The van der Waals surface area contributed by atoms with E-state index in [-0.39, 0.29) is 0 Å². The van der Waals surface area contributed by atoms with Crippen LogP contribution < -0.4 is 5.32 Å². The van der Waals surface area contributed by atoms with Gasteiger partial charge in [0.1, 0.15) is 5.82 Å². The van der Waals surface area contributed by atoms with Crippen molar-refractivity contribution in [3.8, 4) is 0 Å². The molecule has 1 aromatic carbocycles. The zero-order chi connectivity index (χ0) is 13.8. The first-order valence-corrected chi connectivity index (χ1v) is 7.57. The van der Waals surface area contributed by atoms with Gasteiger partial charge in [-0.2, -0.15) is 0 Å². The number of fused-ring (bicyclic) bond motifs is 1. The molecule has 0 fully saturated rings. The number of thioether (sulfide) groups is 1. The molecule has 6 heteroatoms. The Bertz CT molecular complexity index is 659. The Morgan fingerprint density at radius 2 is 1.95 bits per heavy atom. The molecule has 0 aliphatic heterocycles. The number of imidazole rings is 1. The van der Waals surface area contributed by atoms with Gasteiger partial charge in [0.2, 0.25) is 0 Å². The summed E-state index contributed by atoms with van der Waals surface area (Å²) in [4.78, 5) is 16.3. The molecule has 0 bridgehead atoms. The van der Waals surface area contributed by atoms with Crippen LogP contribution in [0, 0.1) is 0 Å². The minimum Gasteiger partial charge on any atom is -0.341 e. The number of para-hydroxylation sites is 2. The highest BCUT2D eigenvalue weighted by Crippen LogP contribution is 2.10. The van der Waals surface area contributed by atoms with Crippen molar-refractivity contribution in [2.24, 2.45) is 0 Å². The summed E-state index contributed by atoms with van der Waals surface area (Å²) in [7, 11) is 0. The van der Waals surface area contributed by atoms with Gasteiger partial charge in [-0.15, -0.1) is 0 Å². The van der Waals surface area contributed by atoms with Crippen molar-refractivity contribution in [3.05, 3.63) is 48.0 Å². The first kappa shape index (κ1) is 13.1. The van der Waals surface area contributed by atoms with Crippen LogP contribution in [0.1, 0.15) is 11.4 Å². The molecule has 0 unspecified atom stereocenters. The molecule has 2 aromatic heterocycles. The Labute approximate surface area is 121 Å². The number of hydrogen-bond acceptors (Lipinski definition) is 5. The van der Waals surface area contributed by atoms with Crippen LogP contribution in [0.5, 0.6) is 0 Å². The Morgan fingerprint density at radius 1 is 1.15 bits per heavy atom. The molecule has 3 aromatic rings. The third-order valence-corrected chi connectivity index (χ3v) is 3.50. The highest BCUT2D eigenvalue weighted by Gasteiger charge is 2.02. The van der Waals surface area contributed by atoms with Crippen molar-refractivity contribution in [1.29, 1.82) is 0 Å². The van der Waals surface area contributed by atoms with Crippen molar-refractivity contribution < 1.29 is 0 Å². The Kier molecular flexibility index (Phi) is 3.94. The molecule has 0 saturated carbocycles. The van der Waals surface area contributed by atoms with E-state index in [9.17, 15) is 0 Å². The first-order valence-electron chi connectivity index (χ1n) is 6.34. The number of nitrogens with one attached hydrogen (secondary N) is 2. The summed E-state index contributed by atoms with van der Waals surface area (Å²) in [6.45, 7) is 1.42. The molecule has 3 rings (SSSR count). The van der Waals surface area contributed by atoms with Crippen LogP contribution in [0.3, 0.4) is 0 Å². The van der Waals surface area contributed by atoms with E-state index in [4.69, 9.17) is 0 Å². The van der Waals surface area contributed by atoms with E-state index in [0.717, 1.165) is 34.1 Å². The summed E-state index contributed by atoms with van der Waals surface area (Å²) in [5.74, 6) is 0.938. The predicted octanol–water partition coefficient (Wildman–Crippen LogP) is 2.36. The number of nitrogens with zero attached hydrogens (tertiary/aromatic N) is 3. The van der Waals surface area contributed by atoms with Crippen molar-refractivity contribution in [2.45, 2.75) is 18.2 Å². The van der Waals surface area contributed by atoms with E-state index >= 15 is 0 Å². The monoisotopic (exact) mass is 285 g/mol. The normalized spacial score (nSPS) is 11.1. The second-order valence-electron chi connectivity index (χ2n) is 4.38. The molecule has 0 aliphatic carbocycles. The number of H-pyrrole nitrogens is 1. The SMILES string of the molecule is CSc1ncc(CNCc2nc3ccccc3[nH]2)cn1. The molecule has 0 amide bonds. The molecular weight excluding hydrogens is 270 g/mol. The summed E-state index contributed by atoms with van der Waals surface area (Å²) >= 11 is 1.54. The quantitative estimate of drug-likeness (QED) is 0.556. The van der Waals surface area contributed by atoms with Crippen molar-refractivity contribution in [1.82, 2.24) is 25.3 Å². The highest BCUT2D eigenvalue weighted by atomic mass is 32.2. The lowest BCUT2D eigenvalue weighted by Gasteiger charge is -2.02.